The molecule has 2 aliphatic rings. The van der Waals surface area contributed by atoms with Gasteiger partial charge in [-0.1, -0.05) is 109 Å². The monoisotopic (exact) mass is 527 g/mol. The summed E-state index contributed by atoms with van der Waals surface area (Å²) in [5, 5.41) is 6.22. The highest BCUT2D eigenvalue weighted by Gasteiger charge is 2.23. The minimum Gasteiger partial charge on any atom is -0.360 e. The van der Waals surface area contributed by atoms with Crippen LogP contribution in [0.4, 0.5) is 5.69 Å². The number of hydrogen-bond acceptors (Lipinski definition) is 2. The molecular formula is C38H29N3. The zero-order valence-corrected chi connectivity index (χ0v) is 22.7. The topological polar surface area (TPSA) is 29.3 Å². The molecule has 8 rings (SSSR count). The van der Waals surface area contributed by atoms with Crippen LogP contribution in [0.15, 0.2) is 145 Å². The van der Waals surface area contributed by atoms with Gasteiger partial charge in [-0.05, 0) is 59.9 Å². The van der Waals surface area contributed by atoms with E-state index in [1.807, 2.05) is 0 Å². The molecule has 0 amide bonds. The number of nitrogens with one attached hydrogen (secondary N) is 1. The number of nitrogens with zero attached hydrogens (tertiary/aromatic N) is 2. The third-order valence-electron chi connectivity index (χ3n) is 8.27. The highest BCUT2D eigenvalue weighted by molar-refractivity contribution is 6.17. The number of para-hydroxylation sites is 3. The predicted molar refractivity (Wildman–Crippen MR) is 172 cm³/mol. The van der Waals surface area contributed by atoms with Crippen molar-refractivity contribution in [2.24, 2.45) is 4.99 Å². The van der Waals surface area contributed by atoms with E-state index < -0.39 is 0 Å². The van der Waals surface area contributed by atoms with E-state index in [0.717, 1.165) is 46.6 Å². The lowest BCUT2D eigenvalue weighted by atomic mass is 9.94. The second kappa shape index (κ2) is 9.79. The number of aliphatic imine (C=N–C) groups is 1. The molecule has 2 heterocycles. The molecule has 1 atom stereocenters. The first-order valence-electron chi connectivity index (χ1n) is 14.3. The molecule has 6 aromatic rings. The van der Waals surface area contributed by atoms with Gasteiger partial charge in [0.15, 0.2) is 0 Å². The molecular weight excluding hydrogens is 498 g/mol. The lowest BCUT2D eigenvalue weighted by molar-refractivity contribution is 0.827. The molecule has 1 N–H and O–H groups in total. The van der Waals surface area contributed by atoms with Crippen molar-refractivity contribution in [2.75, 3.05) is 5.32 Å². The van der Waals surface area contributed by atoms with Crippen LogP contribution in [0.3, 0.4) is 0 Å². The number of fused-ring (bicyclic) bond motifs is 4. The fourth-order valence-corrected chi connectivity index (χ4v) is 6.24. The molecule has 41 heavy (non-hydrogen) atoms. The fourth-order valence-electron chi connectivity index (χ4n) is 6.24. The molecule has 0 saturated heterocycles. The van der Waals surface area contributed by atoms with E-state index in [0.29, 0.717) is 0 Å². The maximum atomic E-state index is 5.27. The van der Waals surface area contributed by atoms with Gasteiger partial charge in [0.05, 0.1) is 16.7 Å². The van der Waals surface area contributed by atoms with Crippen LogP contribution in [0, 0.1) is 0 Å². The molecule has 1 unspecified atom stereocenters. The van der Waals surface area contributed by atoms with E-state index in [-0.39, 0.29) is 6.17 Å². The van der Waals surface area contributed by atoms with E-state index in [4.69, 9.17) is 4.99 Å². The molecule has 0 saturated carbocycles. The van der Waals surface area contributed by atoms with Crippen LogP contribution in [0.25, 0.3) is 33.1 Å². The lowest BCUT2D eigenvalue weighted by Crippen LogP contribution is -2.20. The van der Waals surface area contributed by atoms with Crippen molar-refractivity contribution in [1.82, 2.24) is 4.57 Å². The molecule has 0 fully saturated rings. The summed E-state index contributed by atoms with van der Waals surface area (Å²) in [4.78, 5) is 5.27. The smallest absolute Gasteiger partial charge is 0.145 e. The normalized spacial score (nSPS) is 16.2. The average Bonchev–Trinajstić information content (AvgIpc) is 3.39. The minimum absolute atomic E-state index is 0.171. The van der Waals surface area contributed by atoms with Crippen molar-refractivity contribution in [3.8, 4) is 5.69 Å². The number of allylic oxidation sites excluding steroid dienone is 4. The van der Waals surface area contributed by atoms with Gasteiger partial charge in [-0.15, -0.1) is 0 Å². The molecule has 0 radical (unpaired) electrons. The average molecular weight is 528 g/mol. The van der Waals surface area contributed by atoms with Crippen LogP contribution in [0.1, 0.15) is 41.3 Å². The van der Waals surface area contributed by atoms with Crippen LogP contribution in [0.2, 0.25) is 0 Å². The molecule has 1 aliphatic carbocycles. The van der Waals surface area contributed by atoms with Gasteiger partial charge in [-0.3, -0.25) is 4.99 Å². The Labute approximate surface area is 239 Å². The summed E-state index contributed by atoms with van der Waals surface area (Å²) in [6.07, 6.45) is 8.88. The molecule has 5 aromatic carbocycles. The molecule has 1 aromatic heterocycles. The largest absolute Gasteiger partial charge is 0.360 e. The first-order chi connectivity index (χ1) is 20.3. The summed E-state index contributed by atoms with van der Waals surface area (Å²) in [6.45, 7) is 0. The Kier molecular flexibility index (Phi) is 5.67. The van der Waals surface area contributed by atoms with Gasteiger partial charge in [-0.2, -0.15) is 0 Å². The van der Waals surface area contributed by atoms with Crippen molar-refractivity contribution in [3.05, 3.63) is 162 Å². The Morgan fingerprint density at radius 1 is 0.634 bits per heavy atom. The second-order valence-electron chi connectivity index (χ2n) is 10.7. The third kappa shape index (κ3) is 4.09. The van der Waals surface area contributed by atoms with E-state index in [9.17, 15) is 0 Å². The van der Waals surface area contributed by atoms with Crippen LogP contribution in [0.5, 0.6) is 0 Å². The highest BCUT2D eigenvalue weighted by atomic mass is 15.1. The highest BCUT2D eigenvalue weighted by Crippen LogP contribution is 2.35. The summed E-state index contributed by atoms with van der Waals surface area (Å²) in [7, 11) is 0. The van der Waals surface area contributed by atoms with E-state index in [1.54, 1.807) is 0 Å². The van der Waals surface area contributed by atoms with Gasteiger partial charge >= 0.3 is 0 Å². The number of hydrogen-bond donors (Lipinski definition) is 1. The SMILES string of the molecule is C1=CC(c2ccc(C3=NC(c4ccc(-n5c6ccccc6c6ccccc65)cc4)Nc4ccccc43)cc2)=CCC1. The standard InChI is InChI=1S/C38H29N3/c1-2-10-26(11-3-1)27-18-20-28(21-19-27)37-33-14-4-7-15-34(33)39-38(40-37)29-22-24-30(25-23-29)41-35-16-8-5-12-31(35)32-13-6-9-17-36(32)41/h2,4-25,38-39H,1,3H2. The third-order valence-corrected chi connectivity index (χ3v) is 8.27. The van der Waals surface area contributed by atoms with Crippen molar-refractivity contribution < 1.29 is 0 Å². The quantitative estimate of drug-likeness (QED) is 0.243. The number of aromatic nitrogens is 1. The van der Waals surface area contributed by atoms with Crippen molar-refractivity contribution >= 4 is 38.8 Å². The Morgan fingerprint density at radius 3 is 2.00 bits per heavy atom. The molecule has 196 valence electrons. The van der Waals surface area contributed by atoms with Gasteiger partial charge in [0.1, 0.15) is 6.17 Å². The second-order valence-corrected chi connectivity index (χ2v) is 10.7. The van der Waals surface area contributed by atoms with Gasteiger partial charge < -0.3 is 9.88 Å². The molecule has 1 aliphatic heterocycles. The molecule has 0 bridgehead atoms. The van der Waals surface area contributed by atoms with Crippen molar-refractivity contribution in [2.45, 2.75) is 19.0 Å². The van der Waals surface area contributed by atoms with Gasteiger partial charge in [-0.25, -0.2) is 0 Å². The van der Waals surface area contributed by atoms with Crippen molar-refractivity contribution in [3.63, 3.8) is 0 Å². The Bertz CT molecular complexity index is 1950. The summed E-state index contributed by atoms with van der Waals surface area (Å²) in [5.74, 6) is 0. The molecule has 3 nitrogen and oxygen atoms in total. The Morgan fingerprint density at radius 2 is 1.29 bits per heavy atom. The van der Waals surface area contributed by atoms with Crippen LogP contribution in [-0.2, 0) is 0 Å². The Balaban J connectivity index is 1.17. The first kappa shape index (κ1) is 23.7. The van der Waals surface area contributed by atoms with E-state index in [2.05, 4.69) is 149 Å². The number of anilines is 1. The van der Waals surface area contributed by atoms with Gasteiger partial charge in [0, 0.05) is 33.3 Å². The summed E-state index contributed by atoms with van der Waals surface area (Å²) >= 11 is 0. The van der Waals surface area contributed by atoms with Crippen LogP contribution < -0.4 is 5.32 Å². The Hall–Kier alpha value is -5.15. The maximum Gasteiger partial charge on any atom is 0.145 e. The zero-order valence-electron chi connectivity index (χ0n) is 22.7. The number of benzene rings is 5. The minimum atomic E-state index is -0.171. The fraction of sp³-hybridized carbons (Fsp3) is 0.0789. The maximum absolute atomic E-state index is 5.27. The van der Waals surface area contributed by atoms with E-state index >= 15 is 0 Å². The van der Waals surface area contributed by atoms with Crippen LogP contribution in [-0.4, -0.2) is 10.3 Å². The van der Waals surface area contributed by atoms with E-state index in [1.165, 1.54) is 32.9 Å². The predicted octanol–water partition coefficient (Wildman–Crippen LogP) is 9.48. The molecule has 3 heteroatoms. The summed E-state index contributed by atoms with van der Waals surface area (Å²) < 4.78 is 2.35. The summed E-state index contributed by atoms with van der Waals surface area (Å²) in [5.41, 5.74) is 11.7. The van der Waals surface area contributed by atoms with Crippen molar-refractivity contribution in [1.29, 1.82) is 0 Å². The molecule has 0 spiro atoms. The number of rotatable bonds is 4. The zero-order chi connectivity index (χ0) is 27.2. The first-order valence-corrected chi connectivity index (χ1v) is 14.3. The van der Waals surface area contributed by atoms with Gasteiger partial charge in [0.2, 0.25) is 0 Å². The van der Waals surface area contributed by atoms with Crippen LogP contribution >= 0.6 is 0 Å². The van der Waals surface area contributed by atoms with Gasteiger partial charge in [0.25, 0.3) is 0 Å². The lowest BCUT2D eigenvalue weighted by Gasteiger charge is -2.26. The summed E-state index contributed by atoms with van der Waals surface area (Å²) in [6, 6.07) is 43.4.